The second kappa shape index (κ2) is 8.20. The fourth-order valence-electron chi connectivity index (χ4n) is 2.41. The maximum absolute atomic E-state index is 10.8. The van der Waals surface area contributed by atoms with E-state index in [2.05, 4.69) is 53.7 Å². The molecule has 0 aliphatic heterocycles. The SMILES string of the molecule is CCN(c1cc(Br)ccc1/C=C/C(=O)O)C(C)CN(C)C. The van der Waals surface area contributed by atoms with Gasteiger partial charge in [-0.25, -0.2) is 4.79 Å². The molecule has 0 spiro atoms. The molecular formula is C16H23BrN2O2. The van der Waals surface area contributed by atoms with Crippen molar-refractivity contribution >= 4 is 33.7 Å². The number of halogens is 1. The van der Waals surface area contributed by atoms with E-state index in [9.17, 15) is 4.79 Å². The number of benzene rings is 1. The van der Waals surface area contributed by atoms with E-state index in [4.69, 9.17) is 5.11 Å². The van der Waals surface area contributed by atoms with Gasteiger partial charge in [-0.2, -0.15) is 0 Å². The number of anilines is 1. The van der Waals surface area contributed by atoms with Crippen LogP contribution in [0.2, 0.25) is 0 Å². The Bertz CT molecular complexity index is 515. The molecule has 116 valence electrons. The van der Waals surface area contributed by atoms with Gasteiger partial charge in [0.05, 0.1) is 0 Å². The maximum Gasteiger partial charge on any atom is 0.328 e. The highest BCUT2D eigenvalue weighted by Gasteiger charge is 2.16. The molecule has 0 aliphatic carbocycles. The second-order valence-corrected chi connectivity index (χ2v) is 6.19. The Morgan fingerprint density at radius 3 is 2.62 bits per heavy atom. The molecule has 0 aromatic heterocycles. The molecule has 5 heteroatoms. The number of rotatable bonds is 7. The van der Waals surface area contributed by atoms with Crippen LogP contribution in [0.25, 0.3) is 6.08 Å². The molecule has 21 heavy (non-hydrogen) atoms. The Balaban J connectivity index is 3.17. The van der Waals surface area contributed by atoms with E-state index in [1.54, 1.807) is 6.08 Å². The van der Waals surface area contributed by atoms with Crippen LogP contribution >= 0.6 is 15.9 Å². The number of carboxylic acids is 1. The first-order chi connectivity index (χ1) is 9.85. The standard InChI is InChI=1S/C16H23BrN2O2/c1-5-19(12(2)11-18(3)4)15-10-14(17)8-6-13(15)7-9-16(20)21/h6-10,12H,5,11H2,1-4H3,(H,20,21)/b9-7+. The maximum atomic E-state index is 10.8. The van der Waals surface area contributed by atoms with Crippen LogP contribution in [0.5, 0.6) is 0 Å². The van der Waals surface area contributed by atoms with Crippen LogP contribution in [0.4, 0.5) is 5.69 Å². The smallest absolute Gasteiger partial charge is 0.328 e. The van der Waals surface area contributed by atoms with Gasteiger partial charge in [-0.3, -0.25) is 0 Å². The molecule has 0 bridgehead atoms. The van der Waals surface area contributed by atoms with Gasteiger partial charge in [0.2, 0.25) is 0 Å². The lowest BCUT2D eigenvalue weighted by atomic mass is 10.1. The molecule has 0 saturated heterocycles. The molecule has 0 saturated carbocycles. The lowest BCUT2D eigenvalue weighted by molar-refractivity contribution is -0.131. The van der Waals surface area contributed by atoms with E-state index < -0.39 is 5.97 Å². The number of aliphatic carboxylic acids is 1. The summed E-state index contributed by atoms with van der Waals surface area (Å²) >= 11 is 3.50. The third kappa shape index (κ3) is 5.52. The summed E-state index contributed by atoms with van der Waals surface area (Å²) in [5.41, 5.74) is 1.95. The lowest BCUT2D eigenvalue weighted by Gasteiger charge is -2.33. The van der Waals surface area contributed by atoms with Crippen molar-refractivity contribution in [2.45, 2.75) is 19.9 Å². The number of carbonyl (C=O) groups is 1. The first-order valence-corrected chi connectivity index (χ1v) is 7.76. The van der Waals surface area contributed by atoms with Gasteiger partial charge < -0.3 is 14.9 Å². The van der Waals surface area contributed by atoms with Gasteiger partial charge in [0, 0.05) is 35.4 Å². The zero-order valence-electron chi connectivity index (χ0n) is 13.0. The van der Waals surface area contributed by atoms with E-state index in [-0.39, 0.29) is 0 Å². The summed E-state index contributed by atoms with van der Waals surface area (Å²) in [4.78, 5) is 15.2. The average Bonchev–Trinajstić information content (AvgIpc) is 2.37. The van der Waals surface area contributed by atoms with Crippen molar-refractivity contribution in [2.75, 3.05) is 32.1 Å². The number of carboxylic acid groups (broad SMARTS) is 1. The van der Waals surface area contributed by atoms with Gasteiger partial charge in [-0.15, -0.1) is 0 Å². The lowest BCUT2D eigenvalue weighted by Crippen LogP contribution is -2.40. The van der Waals surface area contributed by atoms with Crippen molar-refractivity contribution in [3.63, 3.8) is 0 Å². The Morgan fingerprint density at radius 1 is 1.43 bits per heavy atom. The molecule has 0 radical (unpaired) electrons. The number of hydrogen-bond donors (Lipinski definition) is 1. The molecule has 1 aromatic carbocycles. The molecule has 0 fully saturated rings. The first kappa shape index (κ1) is 17.7. The van der Waals surface area contributed by atoms with Crippen LogP contribution in [-0.2, 0) is 4.79 Å². The Labute approximate surface area is 135 Å². The predicted molar refractivity (Wildman–Crippen MR) is 91.8 cm³/mol. The highest BCUT2D eigenvalue weighted by Crippen LogP contribution is 2.28. The van der Waals surface area contributed by atoms with E-state index >= 15 is 0 Å². The van der Waals surface area contributed by atoms with Crippen LogP contribution in [0.3, 0.4) is 0 Å². The molecule has 1 N–H and O–H groups in total. The first-order valence-electron chi connectivity index (χ1n) is 6.97. The molecule has 4 nitrogen and oxygen atoms in total. The number of likely N-dealkylation sites (N-methyl/N-ethyl adjacent to an activating group) is 2. The number of nitrogens with zero attached hydrogens (tertiary/aromatic N) is 2. The van der Waals surface area contributed by atoms with Gasteiger partial charge in [-0.05, 0) is 51.7 Å². The fourth-order valence-corrected chi connectivity index (χ4v) is 2.76. The van der Waals surface area contributed by atoms with Crippen molar-refractivity contribution in [1.82, 2.24) is 4.90 Å². The van der Waals surface area contributed by atoms with Crippen molar-refractivity contribution < 1.29 is 9.90 Å². The third-order valence-corrected chi connectivity index (χ3v) is 3.70. The van der Waals surface area contributed by atoms with Gasteiger partial charge in [-0.1, -0.05) is 22.0 Å². The van der Waals surface area contributed by atoms with Crippen LogP contribution < -0.4 is 4.90 Å². The monoisotopic (exact) mass is 354 g/mol. The fraction of sp³-hybridized carbons (Fsp3) is 0.438. The Hall–Kier alpha value is -1.33. The van der Waals surface area contributed by atoms with Crippen LogP contribution in [0.15, 0.2) is 28.7 Å². The highest BCUT2D eigenvalue weighted by atomic mass is 79.9. The molecule has 0 heterocycles. The van der Waals surface area contributed by atoms with Crippen molar-refractivity contribution in [2.24, 2.45) is 0 Å². The van der Waals surface area contributed by atoms with Gasteiger partial charge >= 0.3 is 5.97 Å². The molecular weight excluding hydrogens is 332 g/mol. The third-order valence-electron chi connectivity index (χ3n) is 3.21. The van der Waals surface area contributed by atoms with Gasteiger partial charge in [0.1, 0.15) is 0 Å². The van der Waals surface area contributed by atoms with E-state index in [0.29, 0.717) is 6.04 Å². The highest BCUT2D eigenvalue weighted by molar-refractivity contribution is 9.10. The van der Waals surface area contributed by atoms with Crippen LogP contribution in [-0.4, -0.2) is 49.2 Å². The molecule has 0 aliphatic rings. The molecule has 1 unspecified atom stereocenters. The predicted octanol–water partition coefficient (Wildman–Crippen LogP) is 3.32. The van der Waals surface area contributed by atoms with Gasteiger partial charge in [0.15, 0.2) is 0 Å². The topological polar surface area (TPSA) is 43.8 Å². The second-order valence-electron chi connectivity index (χ2n) is 5.27. The number of hydrogen-bond acceptors (Lipinski definition) is 3. The van der Waals surface area contributed by atoms with Crippen LogP contribution in [0, 0.1) is 0 Å². The van der Waals surface area contributed by atoms with Crippen molar-refractivity contribution in [3.05, 3.63) is 34.3 Å². The van der Waals surface area contributed by atoms with Crippen LogP contribution in [0.1, 0.15) is 19.4 Å². The summed E-state index contributed by atoms with van der Waals surface area (Å²) in [5.74, 6) is -0.937. The molecule has 1 rings (SSSR count). The molecule has 1 atom stereocenters. The zero-order valence-corrected chi connectivity index (χ0v) is 14.6. The van der Waals surface area contributed by atoms with Crippen molar-refractivity contribution in [1.29, 1.82) is 0 Å². The minimum absolute atomic E-state index is 0.330. The summed E-state index contributed by atoms with van der Waals surface area (Å²) in [6.45, 7) is 6.08. The molecule has 1 aromatic rings. The zero-order chi connectivity index (χ0) is 16.0. The summed E-state index contributed by atoms with van der Waals surface area (Å²) in [6, 6.07) is 6.23. The van der Waals surface area contributed by atoms with E-state index in [0.717, 1.165) is 28.8 Å². The van der Waals surface area contributed by atoms with E-state index in [1.807, 2.05) is 18.2 Å². The Kier molecular flexibility index (Phi) is 6.92. The summed E-state index contributed by atoms with van der Waals surface area (Å²) < 4.78 is 0.987. The minimum Gasteiger partial charge on any atom is -0.478 e. The molecule has 0 amide bonds. The van der Waals surface area contributed by atoms with E-state index in [1.165, 1.54) is 6.08 Å². The quantitative estimate of drug-likeness (QED) is 0.762. The van der Waals surface area contributed by atoms with Crippen molar-refractivity contribution in [3.8, 4) is 0 Å². The van der Waals surface area contributed by atoms with Gasteiger partial charge in [0.25, 0.3) is 0 Å². The summed E-state index contributed by atoms with van der Waals surface area (Å²) in [5, 5.41) is 8.83. The Morgan fingerprint density at radius 2 is 2.10 bits per heavy atom. The largest absolute Gasteiger partial charge is 0.478 e. The normalized spacial score (nSPS) is 12.9. The minimum atomic E-state index is -0.937. The average molecular weight is 355 g/mol. The summed E-state index contributed by atoms with van der Waals surface area (Å²) in [6.07, 6.45) is 2.83. The summed E-state index contributed by atoms with van der Waals surface area (Å²) in [7, 11) is 4.10.